The van der Waals surface area contributed by atoms with E-state index in [9.17, 15) is 9.59 Å². The van der Waals surface area contributed by atoms with Crippen LogP contribution >= 0.6 is 0 Å². The summed E-state index contributed by atoms with van der Waals surface area (Å²) in [5.41, 5.74) is 0.0611. The maximum atomic E-state index is 11.9. The fourth-order valence-electron chi connectivity index (χ4n) is 1.65. The number of carbonyl (C=O) groups excluding carboxylic acids is 2. The van der Waals surface area contributed by atoms with Crippen LogP contribution in [-0.2, 0) is 4.74 Å². The van der Waals surface area contributed by atoms with Crippen LogP contribution in [0, 0.1) is 0 Å². The van der Waals surface area contributed by atoms with Crippen molar-refractivity contribution in [2.24, 2.45) is 0 Å². The van der Waals surface area contributed by atoms with Crippen molar-refractivity contribution in [1.82, 2.24) is 4.57 Å². The second kappa shape index (κ2) is 4.29. The molecule has 0 aliphatic rings. The van der Waals surface area contributed by atoms with Gasteiger partial charge in [-0.3, -0.25) is 9.36 Å². The maximum absolute atomic E-state index is 11.9. The number of carbonyl (C=O) groups is 2. The highest BCUT2D eigenvalue weighted by Crippen LogP contribution is 2.18. The third kappa shape index (κ3) is 2.59. The summed E-state index contributed by atoms with van der Waals surface area (Å²) in [6.07, 6.45) is 3.71. The monoisotopic (exact) mass is 245 g/mol. The van der Waals surface area contributed by atoms with Crippen molar-refractivity contribution >= 4 is 23.2 Å². The second-order valence-corrected chi connectivity index (χ2v) is 5.15. The molecular formula is C14H15NO3. The SMILES string of the molecule is CC(C)(C)OC(=O)n1cc2ccc(C=O)cc2c1. The predicted molar refractivity (Wildman–Crippen MR) is 69.0 cm³/mol. The van der Waals surface area contributed by atoms with Gasteiger partial charge in [0.1, 0.15) is 11.9 Å². The van der Waals surface area contributed by atoms with E-state index >= 15 is 0 Å². The highest BCUT2D eigenvalue weighted by Gasteiger charge is 2.17. The Kier molecular flexibility index (Phi) is 2.95. The third-order valence-corrected chi connectivity index (χ3v) is 2.41. The first kappa shape index (κ1) is 12.4. The van der Waals surface area contributed by atoms with Gasteiger partial charge in [0, 0.05) is 28.7 Å². The Morgan fingerprint density at radius 2 is 1.89 bits per heavy atom. The van der Waals surface area contributed by atoms with E-state index in [0.717, 1.165) is 17.1 Å². The number of hydrogen-bond acceptors (Lipinski definition) is 3. The van der Waals surface area contributed by atoms with Crippen LogP contribution in [-0.4, -0.2) is 22.5 Å². The van der Waals surface area contributed by atoms with Crippen LogP contribution in [0.25, 0.3) is 10.8 Å². The van der Waals surface area contributed by atoms with Crippen molar-refractivity contribution < 1.29 is 14.3 Å². The van der Waals surface area contributed by atoms with E-state index < -0.39 is 11.7 Å². The van der Waals surface area contributed by atoms with E-state index in [2.05, 4.69) is 0 Å². The Balaban J connectivity index is 2.35. The zero-order valence-electron chi connectivity index (χ0n) is 10.6. The molecule has 0 radical (unpaired) electrons. The molecule has 0 aliphatic heterocycles. The van der Waals surface area contributed by atoms with E-state index in [-0.39, 0.29) is 0 Å². The number of rotatable bonds is 1. The van der Waals surface area contributed by atoms with Crippen molar-refractivity contribution in [1.29, 1.82) is 0 Å². The molecule has 4 heteroatoms. The van der Waals surface area contributed by atoms with Gasteiger partial charge in [0.05, 0.1) is 0 Å². The molecule has 0 fully saturated rings. The first-order chi connectivity index (χ1) is 8.39. The van der Waals surface area contributed by atoms with Crippen LogP contribution < -0.4 is 0 Å². The van der Waals surface area contributed by atoms with Gasteiger partial charge in [-0.25, -0.2) is 4.79 Å². The molecule has 94 valence electrons. The summed E-state index contributed by atoms with van der Waals surface area (Å²) in [5.74, 6) is 0. The fraction of sp³-hybridized carbons (Fsp3) is 0.286. The highest BCUT2D eigenvalue weighted by molar-refractivity contribution is 5.91. The molecule has 0 unspecified atom stereocenters. The lowest BCUT2D eigenvalue weighted by Gasteiger charge is -2.19. The summed E-state index contributed by atoms with van der Waals surface area (Å²) in [5, 5.41) is 1.73. The number of aldehydes is 1. The second-order valence-electron chi connectivity index (χ2n) is 5.15. The Morgan fingerprint density at radius 3 is 2.50 bits per heavy atom. The molecule has 2 rings (SSSR count). The fourth-order valence-corrected chi connectivity index (χ4v) is 1.65. The van der Waals surface area contributed by atoms with Gasteiger partial charge in [0.15, 0.2) is 0 Å². The van der Waals surface area contributed by atoms with Gasteiger partial charge in [-0.2, -0.15) is 0 Å². The van der Waals surface area contributed by atoms with Crippen molar-refractivity contribution in [2.75, 3.05) is 0 Å². The third-order valence-electron chi connectivity index (χ3n) is 2.41. The molecule has 0 saturated carbocycles. The largest absolute Gasteiger partial charge is 0.443 e. The van der Waals surface area contributed by atoms with Crippen molar-refractivity contribution in [3.05, 3.63) is 36.2 Å². The number of aromatic nitrogens is 1. The van der Waals surface area contributed by atoms with Crippen molar-refractivity contribution in [3.63, 3.8) is 0 Å². The lowest BCUT2D eigenvalue weighted by Crippen LogP contribution is -2.26. The van der Waals surface area contributed by atoms with E-state index in [1.807, 2.05) is 20.8 Å². The molecule has 0 spiro atoms. The molecule has 4 nitrogen and oxygen atoms in total. The molecule has 18 heavy (non-hydrogen) atoms. The Labute approximate surface area is 105 Å². The van der Waals surface area contributed by atoms with Crippen LogP contribution in [0.2, 0.25) is 0 Å². The molecular weight excluding hydrogens is 230 g/mol. The van der Waals surface area contributed by atoms with E-state index in [4.69, 9.17) is 4.74 Å². The smallest absolute Gasteiger partial charge is 0.418 e. The zero-order chi connectivity index (χ0) is 13.3. The van der Waals surface area contributed by atoms with Crippen LogP contribution in [0.3, 0.4) is 0 Å². The minimum atomic E-state index is -0.526. The number of nitrogens with zero attached hydrogens (tertiary/aromatic N) is 1. The Bertz CT molecular complexity index is 605. The predicted octanol–water partition coefficient (Wildman–Crippen LogP) is 3.24. The van der Waals surface area contributed by atoms with Crippen LogP contribution in [0.15, 0.2) is 30.6 Å². The normalized spacial score (nSPS) is 11.5. The molecule has 0 aliphatic carbocycles. The average Bonchev–Trinajstić information content (AvgIpc) is 2.69. The first-order valence-electron chi connectivity index (χ1n) is 5.69. The van der Waals surface area contributed by atoms with Crippen LogP contribution in [0.1, 0.15) is 31.1 Å². The van der Waals surface area contributed by atoms with Crippen molar-refractivity contribution in [2.45, 2.75) is 26.4 Å². The molecule has 1 aromatic heterocycles. The summed E-state index contributed by atoms with van der Waals surface area (Å²) in [4.78, 5) is 22.5. The molecule has 0 saturated heterocycles. The number of ether oxygens (including phenoxy) is 1. The van der Waals surface area contributed by atoms with Gasteiger partial charge in [0.2, 0.25) is 0 Å². The minimum Gasteiger partial charge on any atom is -0.443 e. The topological polar surface area (TPSA) is 48.3 Å². The number of benzene rings is 1. The van der Waals surface area contributed by atoms with E-state index in [1.165, 1.54) is 4.57 Å². The zero-order valence-corrected chi connectivity index (χ0v) is 10.6. The molecule has 0 bridgehead atoms. The first-order valence-corrected chi connectivity index (χ1v) is 5.69. The quantitative estimate of drug-likeness (QED) is 0.725. The van der Waals surface area contributed by atoms with Gasteiger partial charge in [-0.05, 0) is 26.8 Å². The molecule has 0 atom stereocenters. The van der Waals surface area contributed by atoms with Gasteiger partial charge in [-0.1, -0.05) is 12.1 Å². The van der Waals surface area contributed by atoms with Gasteiger partial charge in [-0.15, -0.1) is 0 Å². The molecule has 0 N–H and O–H groups in total. The number of fused-ring (bicyclic) bond motifs is 1. The highest BCUT2D eigenvalue weighted by atomic mass is 16.6. The van der Waals surface area contributed by atoms with Gasteiger partial charge >= 0.3 is 6.09 Å². The minimum absolute atomic E-state index is 0.425. The average molecular weight is 245 g/mol. The van der Waals surface area contributed by atoms with E-state index in [0.29, 0.717) is 5.56 Å². The number of hydrogen-bond donors (Lipinski definition) is 0. The molecule has 0 amide bonds. The standard InChI is InChI=1S/C14H15NO3/c1-14(2,3)18-13(17)15-7-11-5-4-10(9-16)6-12(11)8-15/h4-9H,1-3H3. The lowest BCUT2D eigenvalue weighted by atomic mass is 10.1. The lowest BCUT2D eigenvalue weighted by molar-refractivity contribution is 0.0537. The maximum Gasteiger partial charge on any atom is 0.418 e. The molecule has 1 heterocycles. The summed E-state index contributed by atoms with van der Waals surface area (Å²) in [7, 11) is 0. The summed E-state index contributed by atoms with van der Waals surface area (Å²) >= 11 is 0. The van der Waals surface area contributed by atoms with Crippen LogP contribution in [0.5, 0.6) is 0 Å². The summed E-state index contributed by atoms with van der Waals surface area (Å²) < 4.78 is 6.66. The molecule has 2 aromatic rings. The van der Waals surface area contributed by atoms with Gasteiger partial charge in [0.25, 0.3) is 0 Å². The Morgan fingerprint density at radius 1 is 1.22 bits per heavy atom. The Hall–Kier alpha value is -2.10. The van der Waals surface area contributed by atoms with Crippen LogP contribution in [0.4, 0.5) is 4.79 Å². The van der Waals surface area contributed by atoms with Crippen molar-refractivity contribution in [3.8, 4) is 0 Å². The summed E-state index contributed by atoms with van der Waals surface area (Å²) in [6, 6.07) is 5.26. The molecule has 1 aromatic carbocycles. The van der Waals surface area contributed by atoms with Gasteiger partial charge < -0.3 is 4.74 Å². The van der Waals surface area contributed by atoms with E-state index in [1.54, 1.807) is 30.6 Å². The summed E-state index contributed by atoms with van der Waals surface area (Å²) in [6.45, 7) is 5.45.